The van der Waals surface area contributed by atoms with Gasteiger partial charge in [0.25, 0.3) is 0 Å². The van der Waals surface area contributed by atoms with Crippen LogP contribution in [0.3, 0.4) is 0 Å². The molecule has 4 nitrogen and oxygen atoms in total. The summed E-state index contributed by atoms with van der Waals surface area (Å²) in [5.41, 5.74) is 5.75. The van der Waals surface area contributed by atoms with Crippen LogP contribution in [0.4, 0.5) is 0 Å². The van der Waals surface area contributed by atoms with Crippen molar-refractivity contribution < 1.29 is 4.79 Å². The van der Waals surface area contributed by atoms with E-state index < -0.39 is 0 Å². The Bertz CT molecular complexity index is 381. The third-order valence-corrected chi connectivity index (χ3v) is 3.05. The largest absolute Gasteiger partial charge is 0.370 e. The molecule has 1 rings (SSSR count). The SMILES string of the molecule is N#Cc1csc(CNCCCCC(N)=O)c1. The molecular formula is C11H15N3OS. The molecule has 0 saturated carbocycles. The number of amides is 1. The predicted molar refractivity (Wildman–Crippen MR) is 63.8 cm³/mol. The molecule has 0 unspecified atom stereocenters. The molecule has 0 spiro atoms. The molecule has 5 heteroatoms. The van der Waals surface area contributed by atoms with Crippen LogP contribution in [0, 0.1) is 11.3 Å². The molecule has 0 aliphatic rings. The smallest absolute Gasteiger partial charge is 0.217 e. The first-order valence-corrected chi connectivity index (χ1v) is 6.07. The molecule has 1 heterocycles. The van der Waals surface area contributed by atoms with Crippen molar-refractivity contribution in [2.75, 3.05) is 6.54 Å². The van der Waals surface area contributed by atoms with Crippen LogP contribution in [0.2, 0.25) is 0 Å². The Morgan fingerprint density at radius 1 is 1.56 bits per heavy atom. The van der Waals surface area contributed by atoms with Gasteiger partial charge in [-0.1, -0.05) is 0 Å². The molecule has 0 aliphatic heterocycles. The fourth-order valence-electron chi connectivity index (χ4n) is 1.29. The van der Waals surface area contributed by atoms with Gasteiger partial charge in [0.1, 0.15) is 6.07 Å². The maximum Gasteiger partial charge on any atom is 0.217 e. The highest BCUT2D eigenvalue weighted by Crippen LogP contribution is 2.13. The van der Waals surface area contributed by atoms with Gasteiger partial charge >= 0.3 is 0 Å². The lowest BCUT2D eigenvalue weighted by Gasteiger charge is -2.01. The lowest BCUT2D eigenvalue weighted by Crippen LogP contribution is -2.15. The molecule has 1 aromatic heterocycles. The van der Waals surface area contributed by atoms with Crippen molar-refractivity contribution in [3.05, 3.63) is 21.9 Å². The summed E-state index contributed by atoms with van der Waals surface area (Å²) in [4.78, 5) is 11.6. The maximum absolute atomic E-state index is 10.5. The second-order valence-corrected chi connectivity index (χ2v) is 4.51. The average Bonchev–Trinajstić information content (AvgIpc) is 2.70. The van der Waals surface area contributed by atoms with Crippen molar-refractivity contribution in [2.24, 2.45) is 5.73 Å². The van der Waals surface area contributed by atoms with Crippen LogP contribution in [-0.4, -0.2) is 12.5 Å². The van der Waals surface area contributed by atoms with Crippen molar-refractivity contribution in [1.82, 2.24) is 5.32 Å². The zero-order valence-electron chi connectivity index (χ0n) is 9.03. The van der Waals surface area contributed by atoms with Gasteiger partial charge in [-0.3, -0.25) is 4.79 Å². The minimum atomic E-state index is -0.239. The Labute approximate surface area is 99.1 Å². The Morgan fingerprint density at radius 2 is 2.38 bits per heavy atom. The van der Waals surface area contributed by atoms with Crippen molar-refractivity contribution in [1.29, 1.82) is 5.26 Å². The van der Waals surface area contributed by atoms with Crippen LogP contribution in [-0.2, 0) is 11.3 Å². The van der Waals surface area contributed by atoms with E-state index in [4.69, 9.17) is 11.0 Å². The van der Waals surface area contributed by atoms with E-state index >= 15 is 0 Å². The summed E-state index contributed by atoms with van der Waals surface area (Å²) in [6.45, 7) is 1.65. The minimum Gasteiger partial charge on any atom is -0.370 e. The number of hydrogen-bond acceptors (Lipinski definition) is 4. The summed E-state index contributed by atoms with van der Waals surface area (Å²) >= 11 is 1.58. The van der Waals surface area contributed by atoms with E-state index in [0.29, 0.717) is 6.42 Å². The molecule has 0 atom stereocenters. The van der Waals surface area contributed by atoms with E-state index in [0.717, 1.165) is 36.4 Å². The Hall–Kier alpha value is -1.38. The van der Waals surface area contributed by atoms with Crippen LogP contribution in [0.1, 0.15) is 29.7 Å². The quantitative estimate of drug-likeness (QED) is 0.703. The van der Waals surface area contributed by atoms with Gasteiger partial charge in [-0.2, -0.15) is 5.26 Å². The van der Waals surface area contributed by atoms with Crippen molar-refractivity contribution >= 4 is 17.2 Å². The molecule has 0 bridgehead atoms. The highest BCUT2D eigenvalue weighted by Gasteiger charge is 1.98. The number of nitrogens with zero attached hydrogens (tertiary/aromatic N) is 1. The normalized spacial score (nSPS) is 9.94. The van der Waals surface area contributed by atoms with Gasteiger partial charge in [-0.25, -0.2) is 0 Å². The lowest BCUT2D eigenvalue weighted by molar-refractivity contribution is -0.118. The van der Waals surface area contributed by atoms with Gasteiger partial charge in [0.15, 0.2) is 0 Å². The topological polar surface area (TPSA) is 78.9 Å². The summed E-state index contributed by atoms with van der Waals surface area (Å²) < 4.78 is 0. The van der Waals surface area contributed by atoms with Gasteiger partial charge in [0.2, 0.25) is 5.91 Å². The van der Waals surface area contributed by atoms with Gasteiger partial charge in [0, 0.05) is 23.2 Å². The third-order valence-electron chi connectivity index (χ3n) is 2.11. The van der Waals surface area contributed by atoms with Gasteiger partial charge in [0.05, 0.1) is 5.56 Å². The number of carbonyl (C=O) groups excluding carboxylic acids is 1. The zero-order chi connectivity index (χ0) is 11.8. The average molecular weight is 237 g/mol. The monoisotopic (exact) mass is 237 g/mol. The molecule has 1 amide bonds. The molecule has 0 saturated heterocycles. The molecular weight excluding hydrogens is 222 g/mol. The molecule has 0 radical (unpaired) electrons. The number of hydrogen-bond donors (Lipinski definition) is 2. The van der Waals surface area contributed by atoms with E-state index in [1.54, 1.807) is 11.3 Å². The van der Waals surface area contributed by atoms with Gasteiger partial charge in [-0.05, 0) is 25.5 Å². The van der Waals surface area contributed by atoms with Crippen LogP contribution < -0.4 is 11.1 Å². The highest BCUT2D eigenvalue weighted by molar-refractivity contribution is 7.10. The highest BCUT2D eigenvalue weighted by atomic mass is 32.1. The maximum atomic E-state index is 10.5. The van der Waals surface area contributed by atoms with Crippen LogP contribution >= 0.6 is 11.3 Å². The second-order valence-electron chi connectivity index (χ2n) is 3.51. The summed E-state index contributed by atoms with van der Waals surface area (Å²) in [5, 5.41) is 13.7. The van der Waals surface area contributed by atoms with Crippen LogP contribution in [0.15, 0.2) is 11.4 Å². The Balaban J connectivity index is 2.07. The Morgan fingerprint density at radius 3 is 3.00 bits per heavy atom. The van der Waals surface area contributed by atoms with Gasteiger partial charge in [-0.15, -0.1) is 11.3 Å². The number of unbranched alkanes of at least 4 members (excludes halogenated alkanes) is 1. The predicted octanol–water partition coefficient (Wildman–Crippen LogP) is 1.36. The summed E-state index contributed by atoms with van der Waals surface area (Å²) in [5.74, 6) is -0.239. The van der Waals surface area contributed by atoms with E-state index in [1.807, 2.05) is 11.4 Å². The van der Waals surface area contributed by atoms with Gasteiger partial charge < -0.3 is 11.1 Å². The lowest BCUT2D eigenvalue weighted by atomic mass is 10.2. The van der Waals surface area contributed by atoms with E-state index in [9.17, 15) is 4.79 Å². The Kier molecular flexibility index (Phi) is 5.54. The molecule has 16 heavy (non-hydrogen) atoms. The van der Waals surface area contributed by atoms with Crippen molar-refractivity contribution in [3.8, 4) is 6.07 Å². The van der Waals surface area contributed by atoms with Crippen LogP contribution in [0.25, 0.3) is 0 Å². The molecule has 0 fully saturated rings. The number of rotatable bonds is 7. The second kappa shape index (κ2) is 6.99. The molecule has 0 aliphatic carbocycles. The number of nitrogens with one attached hydrogen (secondary N) is 1. The van der Waals surface area contributed by atoms with E-state index in [1.165, 1.54) is 0 Å². The van der Waals surface area contributed by atoms with Crippen molar-refractivity contribution in [2.45, 2.75) is 25.8 Å². The minimum absolute atomic E-state index is 0.239. The van der Waals surface area contributed by atoms with Crippen LogP contribution in [0.5, 0.6) is 0 Å². The first kappa shape index (κ1) is 12.7. The van der Waals surface area contributed by atoms with E-state index in [2.05, 4.69) is 11.4 Å². The first-order valence-electron chi connectivity index (χ1n) is 5.19. The number of nitriles is 1. The molecule has 3 N–H and O–H groups in total. The molecule has 0 aromatic carbocycles. The number of primary amides is 1. The van der Waals surface area contributed by atoms with E-state index in [-0.39, 0.29) is 5.91 Å². The van der Waals surface area contributed by atoms with Crippen molar-refractivity contribution in [3.63, 3.8) is 0 Å². The summed E-state index contributed by atoms with van der Waals surface area (Å²) in [6, 6.07) is 3.99. The first-order chi connectivity index (χ1) is 7.72. The number of thiophene rings is 1. The summed E-state index contributed by atoms with van der Waals surface area (Å²) in [7, 11) is 0. The summed E-state index contributed by atoms with van der Waals surface area (Å²) in [6.07, 6.45) is 2.23. The molecule has 1 aromatic rings. The molecule has 86 valence electrons. The fraction of sp³-hybridized carbons (Fsp3) is 0.455. The third kappa shape index (κ3) is 4.91. The number of carbonyl (C=O) groups is 1. The standard InChI is InChI=1S/C11H15N3OS/c12-6-9-5-10(16-8-9)7-14-4-2-1-3-11(13)15/h5,8,14H,1-4,7H2,(H2,13,15). The number of nitrogens with two attached hydrogens (primary N) is 1. The zero-order valence-corrected chi connectivity index (χ0v) is 9.85. The fourth-order valence-corrected chi connectivity index (χ4v) is 2.07.